The van der Waals surface area contributed by atoms with E-state index >= 15 is 0 Å². The maximum Gasteiger partial charge on any atom is 0.276 e. The van der Waals surface area contributed by atoms with Gasteiger partial charge in [-0.3, -0.25) is 9.10 Å². The predicted octanol–water partition coefficient (Wildman–Crippen LogP) is 3.49. The molecule has 0 aliphatic carbocycles. The van der Waals surface area contributed by atoms with Crippen LogP contribution in [0.2, 0.25) is 0 Å². The summed E-state index contributed by atoms with van der Waals surface area (Å²) in [4.78, 5) is 22.5. The molecule has 0 radical (unpaired) electrons. The Bertz CT molecular complexity index is 1580. The lowest BCUT2D eigenvalue weighted by atomic mass is 9.77. The number of benzene rings is 3. The summed E-state index contributed by atoms with van der Waals surface area (Å²) in [5, 5.41) is 12.3. The molecule has 1 aliphatic heterocycles. The number of nitrogens with one attached hydrogen (secondary N) is 2. The van der Waals surface area contributed by atoms with E-state index in [-0.39, 0.29) is 22.9 Å². The molecule has 4 aromatic rings. The van der Waals surface area contributed by atoms with Crippen LogP contribution in [-0.2, 0) is 25.5 Å². The van der Waals surface area contributed by atoms with Gasteiger partial charge in [0, 0.05) is 5.38 Å². The summed E-state index contributed by atoms with van der Waals surface area (Å²) >= 11 is 6.28. The summed E-state index contributed by atoms with van der Waals surface area (Å²) in [5.74, 6) is -0.681. The van der Waals surface area contributed by atoms with Crippen molar-refractivity contribution in [3.8, 4) is 0 Å². The number of carbonyl (C=O) groups excluding carboxylic acids is 1. The molecule has 3 aromatic carbocycles. The largest absolute Gasteiger partial charge is 0.731 e. The topological polar surface area (TPSA) is 136 Å². The first-order valence-corrected chi connectivity index (χ1v) is 15.0. The van der Waals surface area contributed by atoms with Crippen LogP contribution in [0.15, 0.2) is 102 Å². The van der Waals surface area contributed by atoms with E-state index in [1.807, 2.05) is 91.0 Å². The van der Waals surface area contributed by atoms with Crippen molar-refractivity contribution in [2.45, 2.75) is 11.6 Å². The van der Waals surface area contributed by atoms with Crippen LogP contribution < -0.4 is 10.6 Å². The molecule has 210 valence electrons. The second-order valence-electron chi connectivity index (χ2n) is 8.99. The Hall–Kier alpha value is -4.17. The van der Waals surface area contributed by atoms with Crippen LogP contribution in [0, 0.1) is 0 Å². The van der Waals surface area contributed by atoms with E-state index in [1.165, 1.54) is 18.4 Å². The molecule has 1 fully saturated rings. The quantitative estimate of drug-likeness (QED) is 0.0921. The van der Waals surface area contributed by atoms with E-state index in [1.54, 1.807) is 5.38 Å². The second-order valence-corrected chi connectivity index (χ2v) is 11.6. The highest BCUT2D eigenvalue weighted by atomic mass is 32.2. The molecule has 1 aliphatic rings. The molecule has 1 unspecified atom stereocenters. The zero-order valence-corrected chi connectivity index (χ0v) is 24.1. The van der Waals surface area contributed by atoms with Crippen LogP contribution in [0.4, 0.5) is 5.13 Å². The fraction of sp³-hybridized carbons (Fsp3) is 0.143. The average Bonchev–Trinajstić information content (AvgIpc) is 3.45. The Balaban J connectivity index is 1.49. The number of aromatic nitrogens is 1. The van der Waals surface area contributed by atoms with Gasteiger partial charge in [0.25, 0.3) is 5.91 Å². The lowest BCUT2D eigenvalue weighted by Crippen LogP contribution is -2.65. The molecule has 0 saturated carbocycles. The van der Waals surface area contributed by atoms with Gasteiger partial charge in [0.15, 0.2) is 21.1 Å². The van der Waals surface area contributed by atoms with Crippen molar-refractivity contribution >= 4 is 55.6 Å². The van der Waals surface area contributed by atoms with Gasteiger partial charge in [-0.15, -0.1) is 11.3 Å². The maximum absolute atomic E-state index is 13.1. The molecule has 1 aromatic heterocycles. The molecular formula is C28H24N5O5S3-. The molecule has 41 heavy (non-hydrogen) atoms. The van der Waals surface area contributed by atoms with E-state index in [4.69, 9.17) is 17.1 Å². The van der Waals surface area contributed by atoms with Crippen molar-refractivity contribution < 1.29 is 22.6 Å². The first-order chi connectivity index (χ1) is 19.7. The minimum atomic E-state index is -4.73. The Morgan fingerprint density at radius 3 is 1.98 bits per heavy atom. The molecule has 2 heterocycles. The summed E-state index contributed by atoms with van der Waals surface area (Å²) in [6.07, 6.45) is 0. The number of carbonyl (C=O) groups is 1. The Morgan fingerprint density at radius 1 is 1.02 bits per heavy atom. The smallest absolute Gasteiger partial charge is 0.276 e. The van der Waals surface area contributed by atoms with Gasteiger partial charge in [0.1, 0.15) is 23.3 Å². The lowest BCUT2D eigenvalue weighted by Gasteiger charge is -2.42. The number of nitrogens with zero attached hydrogens (tertiary/aromatic N) is 3. The molecular weight excluding hydrogens is 583 g/mol. The van der Waals surface area contributed by atoms with E-state index in [9.17, 15) is 17.8 Å². The van der Waals surface area contributed by atoms with Gasteiger partial charge in [0.2, 0.25) is 0 Å². The number of anilines is 1. The van der Waals surface area contributed by atoms with E-state index in [0.29, 0.717) is 9.44 Å². The van der Waals surface area contributed by atoms with Gasteiger partial charge in [-0.05, 0) is 16.7 Å². The number of thiocarbonyl (C=S) groups is 1. The van der Waals surface area contributed by atoms with Crippen molar-refractivity contribution in [2.75, 3.05) is 19.0 Å². The van der Waals surface area contributed by atoms with Crippen molar-refractivity contribution in [1.29, 1.82) is 0 Å². The summed E-state index contributed by atoms with van der Waals surface area (Å²) in [6, 6.07) is 29.1. The minimum absolute atomic E-state index is 0.132. The molecule has 1 amide bonds. The van der Waals surface area contributed by atoms with Crippen molar-refractivity contribution in [3.63, 3.8) is 0 Å². The maximum atomic E-state index is 13.1. The molecule has 0 spiro atoms. The predicted molar refractivity (Wildman–Crippen MR) is 159 cm³/mol. The Morgan fingerprint density at radius 2 is 1.54 bits per heavy atom. The molecule has 10 nitrogen and oxygen atoms in total. The van der Waals surface area contributed by atoms with Gasteiger partial charge in [0.05, 0.1) is 12.6 Å². The number of thiazole rings is 1. The highest BCUT2D eigenvalue weighted by molar-refractivity contribution is 7.87. The number of rotatable bonds is 10. The first-order valence-electron chi connectivity index (χ1n) is 12.3. The zero-order chi connectivity index (χ0) is 29.0. The first kappa shape index (κ1) is 28.4. The summed E-state index contributed by atoms with van der Waals surface area (Å²) in [7, 11) is -3.44. The molecule has 2 N–H and O–H groups in total. The van der Waals surface area contributed by atoms with E-state index in [2.05, 4.69) is 20.8 Å². The van der Waals surface area contributed by atoms with Gasteiger partial charge >= 0.3 is 0 Å². The van der Waals surface area contributed by atoms with Gasteiger partial charge in [-0.25, -0.2) is 13.4 Å². The second kappa shape index (κ2) is 11.7. The third-order valence-corrected chi connectivity index (χ3v) is 8.79. The summed E-state index contributed by atoms with van der Waals surface area (Å²) < 4.78 is 34.3. The normalized spacial score (nSPS) is 15.7. The van der Waals surface area contributed by atoms with Crippen molar-refractivity contribution in [1.82, 2.24) is 14.6 Å². The minimum Gasteiger partial charge on any atom is -0.731 e. The molecule has 13 heteroatoms. The van der Waals surface area contributed by atoms with Crippen LogP contribution in [0.3, 0.4) is 0 Å². The number of oxime groups is 1. The molecule has 1 atom stereocenters. The Labute approximate surface area is 246 Å². The summed E-state index contributed by atoms with van der Waals surface area (Å²) in [6.45, 7) is -0.256. The zero-order valence-electron chi connectivity index (χ0n) is 21.6. The van der Waals surface area contributed by atoms with Crippen LogP contribution in [0.25, 0.3) is 0 Å². The third-order valence-electron chi connectivity index (χ3n) is 6.53. The van der Waals surface area contributed by atoms with Gasteiger partial charge < -0.3 is 20.0 Å². The molecule has 5 rings (SSSR count). The average molecular weight is 607 g/mol. The standard InChI is InChI=1S/C28H25N5O5S3/c1-38-32-24(25(34)29-22-17-33(26(22)39)41(35,36)37)23-18-40-27(30-23)31-28(19-11-5-2-6-12-19,20-13-7-3-8-14-20)21-15-9-4-10-16-21/h2-16,18,22H,17H2,1H3,(H,29,34)(H,30,31)(H,35,36,37)/p-1/b32-24-. The van der Waals surface area contributed by atoms with Crippen LogP contribution in [0.1, 0.15) is 22.4 Å². The Kier molecular flexibility index (Phi) is 8.13. The van der Waals surface area contributed by atoms with Crippen molar-refractivity contribution in [2.24, 2.45) is 5.16 Å². The van der Waals surface area contributed by atoms with E-state index in [0.717, 1.165) is 16.7 Å². The number of hydrogen-bond donors (Lipinski definition) is 2. The third kappa shape index (κ3) is 5.70. The highest BCUT2D eigenvalue weighted by Gasteiger charge is 2.39. The van der Waals surface area contributed by atoms with Crippen molar-refractivity contribution in [3.05, 3.63) is 119 Å². The van der Waals surface area contributed by atoms with Crippen LogP contribution in [-0.4, -0.2) is 58.6 Å². The lowest BCUT2D eigenvalue weighted by molar-refractivity contribution is -0.115. The fourth-order valence-corrected chi connectivity index (χ4v) is 6.52. The SMILES string of the molecule is CO/N=C(\C(=O)NC1CN(S(=O)(=O)[O-])C1=S)c1csc(NC(c2ccccc2)(c2ccccc2)c2ccccc2)n1. The number of hydrogen-bond acceptors (Lipinski definition) is 10. The highest BCUT2D eigenvalue weighted by Crippen LogP contribution is 2.40. The molecule has 0 bridgehead atoms. The summed E-state index contributed by atoms with van der Waals surface area (Å²) in [5.41, 5.74) is 2.22. The van der Waals surface area contributed by atoms with E-state index < -0.39 is 27.8 Å². The van der Waals surface area contributed by atoms with Crippen LogP contribution >= 0.6 is 23.6 Å². The van der Waals surface area contributed by atoms with Gasteiger partial charge in [-0.1, -0.05) is 108 Å². The number of amides is 1. The monoisotopic (exact) mass is 606 g/mol. The van der Waals surface area contributed by atoms with Crippen LogP contribution in [0.5, 0.6) is 0 Å². The van der Waals surface area contributed by atoms with Gasteiger partial charge in [-0.2, -0.15) is 0 Å². The fourth-order valence-electron chi connectivity index (χ4n) is 4.61. The molecule has 1 saturated heterocycles.